The number of carbonyl (C=O) groups excluding carboxylic acids is 2. The van der Waals surface area contributed by atoms with Gasteiger partial charge in [0.05, 0.1) is 12.3 Å². The van der Waals surface area contributed by atoms with E-state index in [9.17, 15) is 9.59 Å². The molecule has 0 heterocycles. The zero-order valence-electron chi connectivity index (χ0n) is 15.0. The van der Waals surface area contributed by atoms with E-state index in [2.05, 4.69) is 10.6 Å². The fraction of sp³-hybridized carbons (Fsp3) is 0.300. The van der Waals surface area contributed by atoms with E-state index in [1.807, 2.05) is 32.0 Å². The van der Waals surface area contributed by atoms with E-state index in [0.717, 1.165) is 5.56 Å². The fourth-order valence-corrected chi connectivity index (χ4v) is 2.50. The van der Waals surface area contributed by atoms with Crippen LogP contribution in [-0.2, 0) is 4.79 Å². The van der Waals surface area contributed by atoms with Gasteiger partial charge >= 0.3 is 0 Å². The lowest BCUT2D eigenvalue weighted by atomic mass is 10.2. The van der Waals surface area contributed by atoms with Gasteiger partial charge in [0.1, 0.15) is 5.75 Å². The molecule has 6 heteroatoms. The molecule has 2 aromatic carbocycles. The summed E-state index contributed by atoms with van der Waals surface area (Å²) in [6.45, 7) is 4.82. The minimum atomic E-state index is -0.181. The summed E-state index contributed by atoms with van der Waals surface area (Å²) in [5.41, 5.74) is 2.27. The van der Waals surface area contributed by atoms with Crippen molar-refractivity contribution >= 4 is 29.1 Å². The summed E-state index contributed by atoms with van der Waals surface area (Å²) >= 11 is 5.80. The summed E-state index contributed by atoms with van der Waals surface area (Å²) in [5.74, 6) is 0.367. The van der Waals surface area contributed by atoms with E-state index < -0.39 is 0 Å². The number of aryl methyl sites for hydroxylation is 1. The number of hydrogen-bond acceptors (Lipinski definition) is 3. The summed E-state index contributed by atoms with van der Waals surface area (Å²) < 4.78 is 5.55. The number of nitrogens with one attached hydrogen (secondary N) is 2. The average molecular weight is 375 g/mol. The minimum Gasteiger partial charge on any atom is -0.492 e. The molecule has 0 aromatic heterocycles. The van der Waals surface area contributed by atoms with Crippen LogP contribution in [0.5, 0.6) is 5.75 Å². The highest BCUT2D eigenvalue weighted by atomic mass is 35.5. The van der Waals surface area contributed by atoms with Crippen LogP contribution in [0, 0.1) is 6.92 Å². The summed E-state index contributed by atoms with van der Waals surface area (Å²) in [6, 6.07) is 12.3. The first-order valence-electron chi connectivity index (χ1n) is 8.56. The second-order valence-electron chi connectivity index (χ2n) is 5.85. The van der Waals surface area contributed by atoms with Gasteiger partial charge in [0.15, 0.2) is 0 Å². The molecule has 0 unspecified atom stereocenters. The SMILES string of the molecule is CCOc1cc(C)ccc1NC(=O)CCCNC(=O)c1ccc(Cl)cc1. The molecule has 0 saturated carbocycles. The number of benzene rings is 2. The Balaban J connectivity index is 1.77. The Morgan fingerprint density at radius 3 is 2.54 bits per heavy atom. The topological polar surface area (TPSA) is 67.4 Å². The van der Waals surface area contributed by atoms with Gasteiger partial charge in [-0.2, -0.15) is 0 Å². The van der Waals surface area contributed by atoms with Crippen LogP contribution in [0.2, 0.25) is 5.02 Å². The summed E-state index contributed by atoms with van der Waals surface area (Å²) in [4.78, 5) is 24.1. The van der Waals surface area contributed by atoms with Gasteiger partial charge in [-0.3, -0.25) is 9.59 Å². The van der Waals surface area contributed by atoms with E-state index in [-0.39, 0.29) is 11.8 Å². The molecule has 138 valence electrons. The lowest BCUT2D eigenvalue weighted by Gasteiger charge is -2.12. The van der Waals surface area contributed by atoms with Gasteiger partial charge in [-0.05, 0) is 62.2 Å². The third-order valence-corrected chi connectivity index (χ3v) is 3.94. The summed E-state index contributed by atoms with van der Waals surface area (Å²) in [7, 11) is 0. The lowest BCUT2D eigenvalue weighted by Crippen LogP contribution is -2.25. The molecule has 2 rings (SSSR count). The maximum Gasteiger partial charge on any atom is 0.251 e. The molecule has 0 bridgehead atoms. The first kappa shape index (κ1) is 19.8. The highest BCUT2D eigenvalue weighted by molar-refractivity contribution is 6.30. The molecule has 5 nitrogen and oxygen atoms in total. The molecule has 26 heavy (non-hydrogen) atoms. The molecular weight excluding hydrogens is 352 g/mol. The van der Waals surface area contributed by atoms with Crippen LogP contribution in [0.15, 0.2) is 42.5 Å². The highest BCUT2D eigenvalue weighted by Gasteiger charge is 2.09. The number of anilines is 1. The number of amides is 2. The largest absolute Gasteiger partial charge is 0.492 e. The van der Waals surface area contributed by atoms with Crippen molar-refractivity contribution in [1.82, 2.24) is 5.32 Å². The van der Waals surface area contributed by atoms with Gasteiger partial charge < -0.3 is 15.4 Å². The third-order valence-electron chi connectivity index (χ3n) is 3.68. The number of carbonyl (C=O) groups is 2. The Hall–Kier alpha value is -2.53. The normalized spacial score (nSPS) is 10.3. The van der Waals surface area contributed by atoms with Crippen molar-refractivity contribution in [3.05, 3.63) is 58.6 Å². The number of halogens is 1. The van der Waals surface area contributed by atoms with Gasteiger partial charge in [-0.15, -0.1) is 0 Å². The van der Waals surface area contributed by atoms with E-state index in [0.29, 0.717) is 48.0 Å². The van der Waals surface area contributed by atoms with Crippen LogP contribution in [0.1, 0.15) is 35.7 Å². The van der Waals surface area contributed by atoms with Crippen molar-refractivity contribution in [3.8, 4) is 5.75 Å². The average Bonchev–Trinajstić information content (AvgIpc) is 2.62. The lowest BCUT2D eigenvalue weighted by molar-refractivity contribution is -0.116. The fourth-order valence-electron chi connectivity index (χ4n) is 2.37. The van der Waals surface area contributed by atoms with E-state index in [4.69, 9.17) is 16.3 Å². The summed E-state index contributed by atoms with van der Waals surface area (Å²) in [5, 5.41) is 6.23. The predicted molar refractivity (Wildman–Crippen MR) is 104 cm³/mol. The van der Waals surface area contributed by atoms with Gasteiger partial charge in [0.2, 0.25) is 5.91 Å². The van der Waals surface area contributed by atoms with Crippen molar-refractivity contribution in [3.63, 3.8) is 0 Å². The molecule has 2 aromatic rings. The van der Waals surface area contributed by atoms with Crippen molar-refractivity contribution in [2.24, 2.45) is 0 Å². The van der Waals surface area contributed by atoms with E-state index in [1.54, 1.807) is 24.3 Å². The van der Waals surface area contributed by atoms with Crippen LogP contribution < -0.4 is 15.4 Å². The molecule has 0 aliphatic carbocycles. The third kappa shape index (κ3) is 6.08. The number of hydrogen-bond donors (Lipinski definition) is 2. The van der Waals surface area contributed by atoms with Crippen LogP contribution >= 0.6 is 11.6 Å². The Labute approximate surface area is 158 Å². The molecule has 0 spiro atoms. The Morgan fingerprint density at radius 1 is 1.12 bits per heavy atom. The Bertz CT molecular complexity index is 760. The minimum absolute atomic E-state index is 0.115. The number of rotatable bonds is 8. The van der Waals surface area contributed by atoms with Crippen LogP contribution in [0.25, 0.3) is 0 Å². The molecule has 0 radical (unpaired) electrons. The summed E-state index contributed by atoms with van der Waals surface area (Å²) in [6.07, 6.45) is 0.849. The molecule has 2 N–H and O–H groups in total. The molecular formula is C20H23ClN2O3. The second kappa shape index (κ2) is 9.82. The van der Waals surface area contributed by atoms with Gasteiger partial charge in [0.25, 0.3) is 5.91 Å². The van der Waals surface area contributed by atoms with E-state index in [1.165, 1.54) is 0 Å². The molecule has 2 amide bonds. The van der Waals surface area contributed by atoms with Crippen LogP contribution in [-0.4, -0.2) is 25.0 Å². The predicted octanol–water partition coefficient (Wildman–Crippen LogP) is 4.20. The van der Waals surface area contributed by atoms with Crippen LogP contribution in [0.3, 0.4) is 0 Å². The zero-order valence-corrected chi connectivity index (χ0v) is 15.7. The zero-order chi connectivity index (χ0) is 18.9. The molecule has 0 atom stereocenters. The Kier molecular flexibility index (Phi) is 7.48. The van der Waals surface area contributed by atoms with E-state index >= 15 is 0 Å². The van der Waals surface area contributed by atoms with Crippen LogP contribution in [0.4, 0.5) is 5.69 Å². The maximum atomic E-state index is 12.1. The first-order chi connectivity index (χ1) is 12.5. The van der Waals surface area contributed by atoms with Gasteiger partial charge in [-0.25, -0.2) is 0 Å². The van der Waals surface area contributed by atoms with Gasteiger partial charge in [0, 0.05) is 23.6 Å². The van der Waals surface area contributed by atoms with Crippen molar-refractivity contribution in [2.75, 3.05) is 18.5 Å². The quantitative estimate of drug-likeness (QED) is 0.680. The molecule has 0 aliphatic heterocycles. The second-order valence-corrected chi connectivity index (χ2v) is 6.28. The van der Waals surface area contributed by atoms with Crippen molar-refractivity contribution < 1.29 is 14.3 Å². The van der Waals surface area contributed by atoms with Crippen molar-refractivity contribution in [2.45, 2.75) is 26.7 Å². The highest BCUT2D eigenvalue weighted by Crippen LogP contribution is 2.25. The Morgan fingerprint density at radius 2 is 1.85 bits per heavy atom. The van der Waals surface area contributed by atoms with Gasteiger partial charge in [-0.1, -0.05) is 17.7 Å². The standard InChI is InChI=1S/C20H23ClN2O3/c1-3-26-18-13-14(2)6-11-17(18)23-19(24)5-4-12-22-20(25)15-7-9-16(21)10-8-15/h6-11,13H,3-5,12H2,1-2H3,(H,22,25)(H,23,24). The first-order valence-corrected chi connectivity index (χ1v) is 8.94. The molecule has 0 fully saturated rings. The maximum absolute atomic E-state index is 12.1. The van der Waals surface area contributed by atoms with Crippen molar-refractivity contribution in [1.29, 1.82) is 0 Å². The number of ether oxygens (including phenoxy) is 1. The molecule has 0 saturated heterocycles. The smallest absolute Gasteiger partial charge is 0.251 e. The monoisotopic (exact) mass is 374 g/mol. The molecule has 0 aliphatic rings.